The van der Waals surface area contributed by atoms with E-state index >= 15 is 0 Å². The zero-order valence-electron chi connectivity index (χ0n) is 14.7. The van der Waals surface area contributed by atoms with E-state index < -0.39 is 0 Å². The van der Waals surface area contributed by atoms with E-state index in [1.165, 1.54) is 24.1 Å². The summed E-state index contributed by atoms with van der Waals surface area (Å²) in [4.78, 5) is 12.1. The molecule has 7 heteroatoms. The van der Waals surface area contributed by atoms with Crippen LogP contribution >= 0.6 is 0 Å². The summed E-state index contributed by atoms with van der Waals surface area (Å²) >= 11 is 0. The molecule has 3 rings (SSSR count). The lowest BCUT2D eigenvalue weighted by Crippen LogP contribution is -2.32. The fraction of sp³-hybridized carbons (Fsp3) is 0.444. The summed E-state index contributed by atoms with van der Waals surface area (Å²) in [5, 5.41) is 10.1. The Morgan fingerprint density at radius 3 is 2.88 bits per heavy atom. The Labute approximate surface area is 147 Å². The maximum absolute atomic E-state index is 12.1. The third kappa shape index (κ3) is 4.04. The highest BCUT2D eigenvalue weighted by Crippen LogP contribution is 2.28. The van der Waals surface area contributed by atoms with Gasteiger partial charge in [-0.2, -0.15) is 5.10 Å². The van der Waals surface area contributed by atoms with Gasteiger partial charge in [-0.15, -0.1) is 0 Å². The van der Waals surface area contributed by atoms with Gasteiger partial charge in [0.15, 0.2) is 0 Å². The van der Waals surface area contributed by atoms with E-state index in [0.29, 0.717) is 30.3 Å². The van der Waals surface area contributed by atoms with Crippen molar-refractivity contribution < 1.29 is 14.3 Å². The van der Waals surface area contributed by atoms with Crippen molar-refractivity contribution in [2.24, 2.45) is 0 Å². The summed E-state index contributed by atoms with van der Waals surface area (Å²) in [6.45, 7) is 1.18. The van der Waals surface area contributed by atoms with E-state index in [0.717, 1.165) is 12.8 Å². The Balaban J connectivity index is 1.52. The van der Waals surface area contributed by atoms with Crippen molar-refractivity contribution in [3.63, 3.8) is 0 Å². The first-order valence-corrected chi connectivity index (χ1v) is 8.51. The highest BCUT2D eigenvalue weighted by molar-refractivity contribution is 5.91. The maximum Gasteiger partial charge on any atom is 0.319 e. The molecule has 0 fully saturated rings. The van der Waals surface area contributed by atoms with Gasteiger partial charge in [0.2, 0.25) is 0 Å². The molecule has 2 aromatic rings. The van der Waals surface area contributed by atoms with E-state index in [1.54, 1.807) is 32.4 Å². The van der Waals surface area contributed by atoms with Crippen LogP contribution in [0.15, 0.2) is 24.4 Å². The van der Waals surface area contributed by atoms with Gasteiger partial charge in [-0.25, -0.2) is 4.79 Å². The fourth-order valence-electron chi connectivity index (χ4n) is 3.09. The van der Waals surface area contributed by atoms with Crippen LogP contribution in [0.3, 0.4) is 0 Å². The van der Waals surface area contributed by atoms with Gasteiger partial charge in [0.05, 0.1) is 32.6 Å². The molecule has 0 atom stereocenters. The second-order valence-electron chi connectivity index (χ2n) is 5.99. The first-order chi connectivity index (χ1) is 12.2. The highest BCUT2D eigenvalue weighted by Gasteiger charge is 2.15. The van der Waals surface area contributed by atoms with Gasteiger partial charge < -0.3 is 20.1 Å². The zero-order valence-corrected chi connectivity index (χ0v) is 14.7. The van der Waals surface area contributed by atoms with Crippen LogP contribution in [0.5, 0.6) is 11.5 Å². The van der Waals surface area contributed by atoms with Crippen molar-refractivity contribution in [1.29, 1.82) is 0 Å². The number of aromatic nitrogens is 2. The molecule has 1 aliphatic carbocycles. The molecule has 0 radical (unpaired) electrons. The van der Waals surface area contributed by atoms with Crippen molar-refractivity contribution in [3.05, 3.63) is 35.7 Å². The summed E-state index contributed by atoms with van der Waals surface area (Å²) in [6.07, 6.45) is 6.59. The minimum absolute atomic E-state index is 0.274. The number of nitrogens with one attached hydrogen (secondary N) is 2. The van der Waals surface area contributed by atoms with Crippen LogP contribution in [-0.2, 0) is 19.4 Å². The monoisotopic (exact) mass is 344 g/mol. The number of urea groups is 1. The zero-order chi connectivity index (χ0) is 17.6. The number of carbonyl (C=O) groups excluding carboxylic acids is 1. The molecule has 0 bridgehead atoms. The lowest BCUT2D eigenvalue weighted by atomic mass is 9.98. The summed E-state index contributed by atoms with van der Waals surface area (Å²) in [5.41, 5.74) is 3.25. The van der Waals surface area contributed by atoms with Crippen LogP contribution in [0.2, 0.25) is 0 Å². The molecule has 0 spiro atoms. The Morgan fingerprint density at radius 2 is 2.08 bits per heavy atom. The van der Waals surface area contributed by atoms with Gasteiger partial charge in [-0.1, -0.05) is 0 Å². The maximum atomic E-state index is 12.1. The topological polar surface area (TPSA) is 77.4 Å². The first kappa shape index (κ1) is 17.1. The number of carbonyl (C=O) groups is 1. The smallest absolute Gasteiger partial charge is 0.319 e. The number of rotatable bonds is 6. The van der Waals surface area contributed by atoms with Gasteiger partial charge in [0.25, 0.3) is 0 Å². The number of aryl methyl sites for hydroxylation is 1. The van der Waals surface area contributed by atoms with Gasteiger partial charge in [0.1, 0.15) is 11.5 Å². The molecule has 1 heterocycles. The number of methoxy groups -OCH3 is 2. The molecule has 2 N–H and O–H groups in total. The Morgan fingerprint density at radius 1 is 1.24 bits per heavy atom. The number of benzene rings is 1. The summed E-state index contributed by atoms with van der Waals surface area (Å²) in [6, 6.07) is 4.98. The molecular weight excluding hydrogens is 320 g/mol. The molecule has 0 aliphatic heterocycles. The quantitative estimate of drug-likeness (QED) is 0.844. The van der Waals surface area contributed by atoms with Gasteiger partial charge in [-0.05, 0) is 43.4 Å². The number of fused-ring (bicyclic) bond motifs is 1. The predicted octanol–water partition coefficient (Wildman–Crippen LogP) is 2.60. The number of ether oxygens (including phenoxy) is 2. The molecule has 134 valence electrons. The fourth-order valence-corrected chi connectivity index (χ4v) is 3.09. The average Bonchev–Trinajstić information content (AvgIpc) is 3.05. The number of hydrogen-bond donors (Lipinski definition) is 2. The Bertz CT molecular complexity index is 742. The number of nitrogens with zero attached hydrogens (tertiary/aromatic N) is 2. The van der Waals surface area contributed by atoms with Gasteiger partial charge in [-0.3, -0.25) is 4.68 Å². The molecule has 25 heavy (non-hydrogen) atoms. The first-order valence-electron chi connectivity index (χ1n) is 8.51. The summed E-state index contributed by atoms with van der Waals surface area (Å²) in [5.74, 6) is 1.22. The second kappa shape index (κ2) is 7.92. The van der Waals surface area contributed by atoms with Crippen molar-refractivity contribution in [3.8, 4) is 11.5 Å². The van der Waals surface area contributed by atoms with E-state index in [4.69, 9.17) is 9.47 Å². The molecule has 0 unspecified atom stereocenters. The summed E-state index contributed by atoms with van der Waals surface area (Å²) < 4.78 is 12.4. The number of amides is 2. The van der Waals surface area contributed by atoms with E-state index in [9.17, 15) is 4.79 Å². The molecule has 0 saturated carbocycles. The van der Waals surface area contributed by atoms with Crippen molar-refractivity contribution in [2.75, 3.05) is 26.1 Å². The molecular formula is C18H24N4O3. The third-order valence-electron chi connectivity index (χ3n) is 4.41. The van der Waals surface area contributed by atoms with Crippen molar-refractivity contribution in [2.45, 2.75) is 32.2 Å². The van der Waals surface area contributed by atoms with Crippen molar-refractivity contribution in [1.82, 2.24) is 15.1 Å². The summed E-state index contributed by atoms with van der Waals surface area (Å²) in [7, 11) is 3.14. The number of hydrogen-bond acceptors (Lipinski definition) is 4. The molecule has 0 saturated heterocycles. The Kier molecular flexibility index (Phi) is 5.42. The normalized spacial score (nSPS) is 13.0. The lowest BCUT2D eigenvalue weighted by Gasteiger charge is -2.15. The van der Waals surface area contributed by atoms with Crippen molar-refractivity contribution >= 4 is 11.7 Å². The predicted molar refractivity (Wildman–Crippen MR) is 95.4 cm³/mol. The van der Waals surface area contributed by atoms with E-state index in [2.05, 4.69) is 15.7 Å². The standard InChI is InChI=1S/C18H24N4O3/c1-24-14-7-8-15(17(11-14)25-2)21-18(23)19-9-10-22-16-6-4-3-5-13(16)12-20-22/h7-8,11-12H,3-6,9-10H2,1-2H3,(H2,19,21,23). The van der Waals surface area contributed by atoms with Crippen LogP contribution in [0.25, 0.3) is 0 Å². The minimum atomic E-state index is -0.274. The van der Waals surface area contributed by atoms with E-state index in [-0.39, 0.29) is 6.03 Å². The third-order valence-corrected chi connectivity index (χ3v) is 4.41. The van der Waals surface area contributed by atoms with Gasteiger partial charge >= 0.3 is 6.03 Å². The minimum Gasteiger partial charge on any atom is -0.497 e. The largest absolute Gasteiger partial charge is 0.497 e. The van der Waals surface area contributed by atoms with Crippen LogP contribution in [0.4, 0.5) is 10.5 Å². The SMILES string of the molecule is COc1ccc(NC(=O)NCCn2ncc3c2CCCC3)c(OC)c1. The molecule has 1 aromatic heterocycles. The van der Waals surface area contributed by atoms with Crippen LogP contribution in [0, 0.1) is 0 Å². The second-order valence-corrected chi connectivity index (χ2v) is 5.99. The lowest BCUT2D eigenvalue weighted by molar-refractivity contribution is 0.251. The average molecular weight is 344 g/mol. The van der Waals surface area contributed by atoms with Gasteiger partial charge in [0, 0.05) is 18.3 Å². The molecule has 1 aromatic carbocycles. The number of anilines is 1. The molecule has 2 amide bonds. The Hall–Kier alpha value is -2.70. The highest BCUT2D eigenvalue weighted by atomic mass is 16.5. The molecule has 1 aliphatic rings. The van der Waals surface area contributed by atoms with Crippen LogP contribution < -0.4 is 20.1 Å². The van der Waals surface area contributed by atoms with Crippen LogP contribution in [0.1, 0.15) is 24.1 Å². The molecule has 7 nitrogen and oxygen atoms in total. The van der Waals surface area contributed by atoms with E-state index in [1.807, 2.05) is 10.9 Å². The van der Waals surface area contributed by atoms with Crippen LogP contribution in [-0.4, -0.2) is 36.6 Å².